The van der Waals surface area contributed by atoms with E-state index in [1.807, 2.05) is 19.1 Å². The maximum atomic E-state index is 11.3. The first-order valence-electron chi connectivity index (χ1n) is 5.50. The van der Waals surface area contributed by atoms with Crippen molar-refractivity contribution in [1.82, 2.24) is 15.6 Å². The lowest BCUT2D eigenvalue weighted by atomic mass is 10.1. The van der Waals surface area contributed by atoms with Gasteiger partial charge in [-0.1, -0.05) is 0 Å². The number of aromatic nitrogens is 1. The summed E-state index contributed by atoms with van der Waals surface area (Å²) in [6.07, 6.45) is 4.46. The van der Waals surface area contributed by atoms with Crippen molar-refractivity contribution in [3.8, 4) is 0 Å². The van der Waals surface area contributed by atoms with Gasteiger partial charge >= 0.3 is 0 Å². The summed E-state index contributed by atoms with van der Waals surface area (Å²) in [4.78, 5) is 15.3. The van der Waals surface area contributed by atoms with Crippen LogP contribution in [-0.2, 0) is 11.2 Å². The van der Waals surface area contributed by atoms with Crippen LogP contribution in [0.5, 0.6) is 0 Å². The Bertz CT molecular complexity index is 326. The van der Waals surface area contributed by atoms with E-state index in [2.05, 4.69) is 22.5 Å². The Morgan fingerprint density at radius 1 is 1.38 bits per heavy atom. The highest BCUT2D eigenvalue weighted by molar-refractivity contribution is 5.80. The molecule has 0 bridgehead atoms. The van der Waals surface area contributed by atoms with Gasteiger partial charge in [-0.15, -0.1) is 0 Å². The van der Waals surface area contributed by atoms with Crippen LogP contribution in [0, 0.1) is 0 Å². The van der Waals surface area contributed by atoms with Crippen LogP contribution in [0.1, 0.15) is 19.4 Å². The third-order valence-corrected chi connectivity index (χ3v) is 2.47. The van der Waals surface area contributed by atoms with Crippen LogP contribution < -0.4 is 10.6 Å². The van der Waals surface area contributed by atoms with Gasteiger partial charge in [-0.05, 0) is 38.0 Å². The number of nitrogens with one attached hydrogen (secondary N) is 2. The minimum absolute atomic E-state index is 0.0154. The topological polar surface area (TPSA) is 54.0 Å². The molecule has 0 spiro atoms. The highest BCUT2D eigenvalue weighted by Gasteiger charge is 2.13. The van der Waals surface area contributed by atoms with Crippen molar-refractivity contribution in [2.45, 2.75) is 32.4 Å². The molecule has 0 saturated heterocycles. The minimum Gasteiger partial charge on any atom is -0.358 e. The van der Waals surface area contributed by atoms with Crippen molar-refractivity contribution >= 4 is 5.91 Å². The molecule has 2 N–H and O–H groups in total. The van der Waals surface area contributed by atoms with Gasteiger partial charge in [-0.2, -0.15) is 0 Å². The van der Waals surface area contributed by atoms with E-state index in [4.69, 9.17) is 0 Å². The molecule has 1 aromatic rings. The molecule has 88 valence electrons. The summed E-state index contributed by atoms with van der Waals surface area (Å²) in [6, 6.07) is 4.07. The molecule has 1 unspecified atom stereocenters. The fourth-order valence-electron chi connectivity index (χ4n) is 1.65. The summed E-state index contributed by atoms with van der Waals surface area (Å²) >= 11 is 0. The molecule has 16 heavy (non-hydrogen) atoms. The molecule has 0 fully saturated rings. The lowest BCUT2D eigenvalue weighted by Crippen LogP contribution is -2.45. The van der Waals surface area contributed by atoms with Crippen molar-refractivity contribution in [2.24, 2.45) is 0 Å². The minimum atomic E-state index is -0.165. The van der Waals surface area contributed by atoms with E-state index < -0.39 is 0 Å². The number of amides is 1. The third-order valence-electron chi connectivity index (χ3n) is 2.47. The zero-order valence-electron chi connectivity index (χ0n) is 10.0. The quantitative estimate of drug-likeness (QED) is 0.771. The Kier molecular flexibility index (Phi) is 4.92. The van der Waals surface area contributed by atoms with E-state index in [1.54, 1.807) is 19.4 Å². The molecular weight excluding hydrogens is 202 g/mol. The predicted octanol–water partition coefficient (Wildman–Crippen LogP) is 0.737. The molecule has 0 radical (unpaired) electrons. The van der Waals surface area contributed by atoms with Crippen molar-refractivity contribution in [3.63, 3.8) is 0 Å². The molecule has 0 aliphatic rings. The molecule has 0 aromatic carbocycles. The molecule has 1 heterocycles. The summed E-state index contributed by atoms with van der Waals surface area (Å²) in [5.74, 6) is 0.0154. The number of rotatable bonds is 5. The summed E-state index contributed by atoms with van der Waals surface area (Å²) in [6.45, 7) is 3.93. The highest BCUT2D eigenvalue weighted by atomic mass is 16.2. The normalized spacial score (nSPS) is 14.2. The van der Waals surface area contributed by atoms with E-state index in [9.17, 15) is 4.79 Å². The summed E-state index contributed by atoms with van der Waals surface area (Å²) in [7, 11) is 1.65. The molecule has 4 heteroatoms. The number of hydrogen-bond donors (Lipinski definition) is 2. The standard InChI is InChI=1S/C12H19N3O/c1-9(15-10(2)12(16)13-3)8-11-4-6-14-7-5-11/h4-7,9-10,15H,8H2,1-3H3,(H,13,16)/t9?,10-/m1/s1. The van der Waals surface area contributed by atoms with Crippen molar-refractivity contribution in [2.75, 3.05) is 7.05 Å². The number of hydrogen-bond acceptors (Lipinski definition) is 3. The van der Waals surface area contributed by atoms with Gasteiger partial charge in [0.15, 0.2) is 0 Å². The van der Waals surface area contributed by atoms with Gasteiger partial charge in [0.2, 0.25) is 5.91 Å². The molecule has 1 amide bonds. The van der Waals surface area contributed by atoms with Crippen molar-refractivity contribution in [1.29, 1.82) is 0 Å². The predicted molar refractivity (Wildman–Crippen MR) is 64.1 cm³/mol. The summed E-state index contributed by atoms with van der Waals surface area (Å²) in [5, 5.41) is 5.87. The number of pyridine rings is 1. The van der Waals surface area contributed by atoms with Crippen LogP contribution in [-0.4, -0.2) is 30.0 Å². The SMILES string of the molecule is CNC(=O)[C@@H](C)NC(C)Cc1ccncc1. The van der Waals surface area contributed by atoms with Crippen molar-refractivity contribution in [3.05, 3.63) is 30.1 Å². The molecule has 0 saturated carbocycles. The average Bonchev–Trinajstić information content (AvgIpc) is 2.29. The third kappa shape index (κ3) is 3.98. The Balaban J connectivity index is 2.42. The molecule has 0 aliphatic heterocycles. The smallest absolute Gasteiger partial charge is 0.236 e. The lowest BCUT2D eigenvalue weighted by Gasteiger charge is -2.18. The Morgan fingerprint density at radius 2 is 2.00 bits per heavy atom. The first kappa shape index (κ1) is 12.6. The Morgan fingerprint density at radius 3 is 2.56 bits per heavy atom. The average molecular weight is 221 g/mol. The van der Waals surface area contributed by atoms with Gasteiger partial charge in [0.05, 0.1) is 6.04 Å². The fourth-order valence-corrected chi connectivity index (χ4v) is 1.65. The number of carbonyl (C=O) groups excluding carboxylic acids is 1. The molecule has 1 aromatic heterocycles. The van der Waals surface area contributed by atoms with E-state index in [0.29, 0.717) is 0 Å². The van der Waals surface area contributed by atoms with E-state index in [0.717, 1.165) is 6.42 Å². The van der Waals surface area contributed by atoms with Crippen molar-refractivity contribution < 1.29 is 4.79 Å². The second-order valence-electron chi connectivity index (χ2n) is 3.96. The van der Waals surface area contributed by atoms with Crippen LogP contribution in [0.25, 0.3) is 0 Å². The second-order valence-corrected chi connectivity index (χ2v) is 3.96. The van der Waals surface area contributed by atoms with Crippen LogP contribution in [0.15, 0.2) is 24.5 Å². The maximum absolute atomic E-state index is 11.3. The van der Waals surface area contributed by atoms with E-state index >= 15 is 0 Å². The van der Waals surface area contributed by atoms with Gasteiger partial charge in [-0.3, -0.25) is 9.78 Å². The zero-order valence-corrected chi connectivity index (χ0v) is 10.0. The van der Waals surface area contributed by atoms with Crippen LogP contribution >= 0.6 is 0 Å². The lowest BCUT2D eigenvalue weighted by molar-refractivity contribution is -0.122. The zero-order chi connectivity index (χ0) is 12.0. The summed E-state index contributed by atoms with van der Waals surface area (Å²) in [5.41, 5.74) is 1.22. The maximum Gasteiger partial charge on any atom is 0.236 e. The van der Waals surface area contributed by atoms with Gasteiger partial charge in [0.25, 0.3) is 0 Å². The Hall–Kier alpha value is -1.42. The molecule has 1 rings (SSSR count). The van der Waals surface area contributed by atoms with Crippen LogP contribution in [0.4, 0.5) is 0 Å². The molecule has 4 nitrogen and oxygen atoms in total. The molecule has 0 aliphatic carbocycles. The van der Waals surface area contributed by atoms with Gasteiger partial charge < -0.3 is 10.6 Å². The van der Waals surface area contributed by atoms with Gasteiger partial charge in [0, 0.05) is 25.5 Å². The van der Waals surface area contributed by atoms with Crippen LogP contribution in [0.2, 0.25) is 0 Å². The van der Waals surface area contributed by atoms with Crippen LogP contribution in [0.3, 0.4) is 0 Å². The monoisotopic (exact) mass is 221 g/mol. The second kappa shape index (κ2) is 6.23. The first-order valence-corrected chi connectivity index (χ1v) is 5.50. The largest absolute Gasteiger partial charge is 0.358 e. The van der Waals surface area contributed by atoms with E-state index in [1.165, 1.54) is 5.56 Å². The van der Waals surface area contributed by atoms with E-state index in [-0.39, 0.29) is 18.0 Å². The Labute approximate surface area is 96.5 Å². The van der Waals surface area contributed by atoms with Gasteiger partial charge in [-0.25, -0.2) is 0 Å². The van der Waals surface area contributed by atoms with Gasteiger partial charge in [0.1, 0.15) is 0 Å². The number of likely N-dealkylation sites (N-methyl/N-ethyl adjacent to an activating group) is 1. The first-order chi connectivity index (χ1) is 7.63. The number of carbonyl (C=O) groups is 1. The highest BCUT2D eigenvalue weighted by Crippen LogP contribution is 2.01. The molecular formula is C12H19N3O. The molecule has 2 atom stereocenters. The number of nitrogens with zero attached hydrogens (tertiary/aromatic N) is 1. The fraction of sp³-hybridized carbons (Fsp3) is 0.500. The summed E-state index contributed by atoms with van der Waals surface area (Å²) < 4.78 is 0.